The first-order valence-corrected chi connectivity index (χ1v) is 30.6. The Morgan fingerprint density at radius 1 is 0.500 bits per heavy atom. The van der Waals surface area contributed by atoms with E-state index >= 15 is 0 Å². The maximum atomic E-state index is 7.66. The van der Waals surface area contributed by atoms with E-state index in [9.17, 15) is 0 Å². The van der Waals surface area contributed by atoms with Crippen LogP contribution in [0.5, 0.6) is 0 Å². The van der Waals surface area contributed by atoms with Crippen molar-refractivity contribution in [3.63, 3.8) is 0 Å². The molecular weight excluding hydrogens is 832 g/mol. The Morgan fingerprint density at radius 3 is 1.20 bits per heavy atom. The summed E-state index contributed by atoms with van der Waals surface area (Å²) < 4.78 is 3.31. The summed E-state index contributed by atoms with van der Waals surface area (Å²) in [4.78, 5) is 5.19. The zero-order chi connectivity index (χ0) is 39.4. The Hall–Kier alpha value is -1.37. The Kier molecular flexibility index (Phi) is 14.8. The first-order chi connectivity index (χ1) is 27.0. The number of hydrogen-bond donors (Lipinski definition) is 0. The molecule has 3 aromatic rings. The molecule has 3 aromatic carbocycles. The molecule has 8 rings (SSSR count). The molecule has 6 heteroatoms. The maximum absolute atomic E-state index is 7.66. The molecule has 56 heavy (non-hydrogen) atoms. The molecule has 1 heterocycles. The number of fused-ring (bicyclic) bond motifs is 1. The van der Waals surface area contributed by atoms with Crippen LogP contribution >= 0.6 is 27.3 Å². The molecule has 1 aliphatic heterocycles. The van der Waals surface area contributed by atoms with Crippen LogP contribution in [0.15, 0.2) is 54.6 Å². The molecule has 5 aliphatic rings. The number of aryl methyl sites for hydroxylation is 6. The average molecular weight is 904 g/mol. The van der Waals surface area contributed by atoms with E-state index < -0.39 is 11.9 Å². The molecule has 2 atom stereocenters. The fourth-order valence-corrected chi connectivity index (χ4v) is 23.1. The van der Waals surface area contributed by atoms with E-state index in [0.717, 1.165) is 22.8 Å². The van der Waals surface area contributed by atoms with Gasteiger partial charge in [0.25, 0.3) is 0 Å². The number of anilines is 2. The van der Waals surface area contributed by atoms with Crippen molar-refractivity contribution >= 4 is 47.6 Å². The van der Waals surface area contributed by atoms with Crippen LogP contribution in [0.3, 0.4) is 0 Å². The molecule has 2 nitrogen and oxygen atoms in total. The second kappa shape index (κ2) is 19.3. The van der Waals surface area contributed by atoms with Crippen LogP contribution < -0.4 is 9.80 Å². The third kappa shape index (κ3) is 9.64. The summed E-state index contributed by atoms with van der Waals surface area (Å²) in [6.45, 7) is 13.3. The van der Waals surface area contributed by atoms with Gasteiger partial charge in [-0.2, -0.15) is 0 Å². The Balaban J connectivity index is 0.000000211. The summed E-state index contributed by atoms with van der Waals surface area (Å²) in [5, 5.41) is 0. The van der Waals surface area contributed by atoms with Gasteiger partial charge < -0.3 is 0 Å². The van der Waals surface area contributed by atoms with Crippen molar-refractivity contribution in [2.45, 2.75) is 193 Å². The Morgan fingerprint density at radius 2 is 0.839 bits per heavy atom. The standard InChI is InChI=1S/C25H32N2.C18H33P.C7H6.2ClH.Ru/c1-16-11-18(3)24(19(4)12-16)26-15-27(23-10-8-7-9-22(23)26)25-20(5)13-17(2)14-21(25)6;1-4-10-16(11-5-1)19(17-12-6-2-7-13-17)18-14-8-3-9-15-18;1-7-5-3-2-4-6-7;;;/h11-14,22-23H,7-10H2,1-6H3;16-18H,1-15H2;1-6H;2*1H;/q;;;;;+2/p-1. The second-order valence-electron chi connectivity index (χ2n) is 18.4. The van der Waals surface area contributed by atoms with Crippen LogP contribution in [0, 0.1) is 41.5 Å². The van der Waals surface area contributed by atoms with Crippen molar-refractivity contribution in [3.05, 3.63) is 93.5 Å². The number of rotatable bonds is 6. The quantitative estimate of drug-likeness (QED) is 0.180. The van der Waals surface area contributed by atoms with Gasteiger partial charge in [-0.1, -0.05) is 19.3 Å². The predicted molar refractivity (Wildman–Crippen MR) is 250 cm³/mol. The molecule has 0 N–H and O–H groups in total. The summed E-state index contributed by atoms with van der Waals surface area (Å²) in [6, 6.07) is 20.3. The molecule has 2 unspecified atom stereocenters. The molecule has 0 bridgehead atoms. The van der Waals surface area contributed by atoms with Crippen LogP contribution in [-0.2, 0) is 11.9 Å². The van der Waals surface area contributed by atoms with Gasteiger partial charge >= 0.3 is 234 Å². The van der Waals surface area contributed by atoms with Gasteiger partial charge in [0.05, 0.1) is 17.0 Å². The fourth-order valence-electron chi connectivity index (χ4n) is 11.9. The molecule has 4 saturated carbocycles. The molecule has 5 fully saturated rings. The molecule has 308 valence electrons. The second-order valence-corrected chi connectivity index (χ2v) is 31.1. The van der Waals surface area contributed by atoms with Gasteiger partial charge in [-0.3, -0.25) is 0 Å². The summed E-state index contributed by atoms with van der Waals surface area (Å²) >= 11 is -3.55. The van der Waals surface area contributed by atoms with E-state index in [1.54, 1.807) is 96.3 Å². The SMILES string of the molecule is C1CCC([PH+](C2CCCCC2)C2CCCCC2)CC1.Cc1cc(C)c(N2[C](=[Ru]([Cl])([Cl])=[CH]c3ccccc3)N(c3c(C)cc(C)cc3C)C3CCCCC32)c(C)c1. The van der Waals surface area contributed by atoms with E-state index in [0.29, 0.717) is 12.1 Å². The fraction of sp³-hybridized carbons (Fsp3) is 0.600. The monoisotopic (exact) mass is 903 g/mol. The average Bonchev–Trinajstić information content (AvgIpc) is 3.51. The van der Waals surface area contributed by atoms with Gasteiger partial charge in [0, 0.05) is 7.92 Å². The third-order valence-corrected chi connectivity index (χ3v) is 24.0. The predicted octanol–water partition coefficient (Wildman–Crippen LogP) is 14.8. The molecular formula is C50H72Cl2N2PRu+. The van der Waals surface area contributed by atoms with Crippen molar-refractivity contribution < 1.29 is 11.9 Å². The molecule has 0 aromatic heterocycles. The first-order valence-electron chi connectivity index (χ1n) is 22.5. The number of hydrogen-bond acceptors (Lipinski definition) is 2. The summed E-state index contributed by atoms with van der Waals surface area (Å²) in [5.41, 5.74) is 15.1. The van der Waals surface area contributed by atoms with Gasteiger partial charge in [-0.05, 0) is 77.0 Å². The molecule has 0 spiro atoms. The first kappa shape index (κ1) is 42.7. The topological polar surface area (TPSA) is 6.48 Å². The van der Waals surface area contributed by atoms with Crippen LogP contribution in [0.4, 0.5) is 11.4 Å². The van der Waals surface area contributed by atoms with Crippen molar-refractivity contribution in [1.29, 1.82) is 0 Å². The van der Waals surface area contributed by atoms with Crippen LogP contribution in [0.2, 0.25) is 0 Å². The zero-order valence-corrected chi connectivity index (χ0v) is 39.8. The summed E-state index contributed by atoms with van der Waals surface area (Å²) in [7, 11) is 15.3. The van der Waals surface area contributed by atoms with Crippen LogP contribution in [0.25, 0.3) is 0 Å². The molecule has 0 radical (unpaired) electrons. The van der Waals surface area contributed by atoms with Crippen molar-refractivity contribution in [3.8, 4) is 0 Å². The van der Waals surface area contributed by atoms with Crippen molar-refractivity contribution in [1.82, 2.24) is 0 Å². The number of nitrogens with zero attached hydrogens (tertiary/aromatic N) is 2. The van der Waals surface area contributed by atoms with Gasteiger partial charge in [0.1, 0.15) is 0 Å². The van der Waals surface area contributed by atoms with E-state index in [1.165, 1.54) is 74.6 Å². The van der Waals surface area contributed by atoms with Gasteiger partial charge in [0.15, 0.2) is 0 Å². The van der Waals surface area contributed by atoms with Gasteiger partial charge in [-0.15, -0.1) is 0 Å². The van der Waals surface area contributed by atoms with Crippen LogP contribution in [0.1, 0.15) is 161 Å². The van der Waals surface area contributed by atoms with Gasteiger partial charge in [-0.25, -0.2) is 0 Å². The van der Waals surface area contributed by atoms with E-state index in [1.807, 2.05) is 6.07 Å². The molecule has 1 saturated heterocycles. The minimum atomic E-state index is -3.55. The molecule has 0 amide bonds. The summed E-state index contributed by atoms with van der Waals surface area (Å²) in [5.74, 6) is 0. The van der Waals surface area contributed by atoms with Crippen molar-refractivity contribution in [2.24, 2.45) is 0 Å². The van der Waals surface area contributed by atoms with E-state index in [-0.39, 0.29) is 7.92 Å². The van der Waals surface area contributed by atoms with E-state index in [2.05, 4.69) is 104 Å². The van der Waals surface area contributed by atoms with E-state index in [4.69, 9.17) is 19.4 Å². The molecule has 4 aliphatic carbocycles. The Bertz CT molecular complexity index is 1740. The van der Waals surface area contributed by atoms with Gasteiger partial charge in [0.2, 0.25) is 0 Å². The minimum absolute atomic E-state index is 0.0465. The normalized spacial score (nSPS) is 23.2. The number of benzene rings is 3. The zero-order valence-electron chi connectivity index (χ0n) is 35.6. The van der Waals surface area contributed by atoms with Crippen molar-refractivity contribution in [2.75, 3.05) is 9.80 Å². The summed E-state index contributed by atoms with van der Waals surface area (Å²) in [6.07, 6.45) is 28.6. The number of halogens is 2. The Labute approximate surface area is 353 Å². The van der Waals surface area contributed by atoms with Crippen LogP contribution in [-0.4, -0.2) is 38.0 Å². The third-order valence-electron chi connectivity index (χ3n) is 14.0.